The summed E-state index contributed by atoms with van der Waals surface area (Å²) in [7, 11) is 0. The Kier molecular flexibility index (Phi) is 3.60. The van der Waals surface area contributed by atoms with Crippen LogP contribution in [-0.2, 0) is 0 Å². The van der Waals surface area contributed by atoms with Crippen molar-refractivity contribution in [3.8, 4) is 0 Å². The summed E-state index contributed by atoms with van der Waals surface area (Å²) in [5.41, 5.74) is 0. The summed E-state index contributed by atoms with van der Waals surface area (Å²) in [6.45, 7) is 0. The van der Waals surface area contributed by atoms with Gasteiger partial charge in [0, 0.05) is 10.4 Å². The number of benzene rings is 5. The summed E-state index contributed by atoms with van der Waals surface area (Å²) < 4.78 is 0. The molecule has 0 aliphatic carbocycles. The molecule has 0 aromatic heterocycles. The lowest BCUT2D eigenvalue weighted by Gasteiger charge is -2.10. The smallest absolute Gasteiger partial charge is 0.0490 e. The second-order valence-electron chi connectivity index (χ2n) is 5.95. The van der Waals surface area contributed by atoms with Gasteiger partial charge >= 0.3 is 0 Å². The van der Waals surface area contributed by atoms with Gasteiger partial charge in [-0.1, -0.05) is 84.4 Å². The van der Waals surface area contributed by atoms with E-state index in [1.54, 1.807) is 0 Å². The highest BCUT2D eigenvalue weighted by atomic mass is 35.5. The number of hydrogen-bond acceptors (Lipinski definition) is 0. The molecule has 0 N–H and O–H groups in total. The molecule has 0 nitrogen and oxygen atoms in total. The van der Waals surface area contributed by atoms with Crippen molar-refractivity contribution in [2.24, 2.45) is 0 Å². The van der Waals surface area contributed by atoms with E-state index >= 15 is 0 Å². The SMILES string of the molecule is Cl.Clc1cccc2ccc3c4ccc5ccccc5c4ccc3c12. The van der Waals surface area contributed by atoms with Gasteiger partial charge < -0.3 is 0 Å². The van der Waals surface area contributed by atoms with E-state index < -0.39 is 0 Å². The highest BCUT2D eigenvalue weighted by Crippen LogP contribution is 2.36. The molecule has 2 heteroatoms. The van der Waals surface area contributed by atoms with Crippen molar-refractivity contribution in [2.45, 2.75) is 0 Å². The van der Waals surface area contributed by atoms with Gasteiger partial charge in [0.15, 0.2) is 0 Å². The number of halogens is 2. The van der Waals surface area contributed by atoms with Crippen LogP contribution in [0.2, 0.25) is 5.02 Å². The first-order valence-corrected chi connectivity index (χ1v) is 8.12. The van der Waals surface area contributed by atoms with Crippen LogP contribution in [0.4, 0.5) is 0 Å². The average Bonchev–Trinajstić information content (AvgIpc) is 2.61. The van der Waals surface area contributed by atoms with Gasteiger partial charge in [-0.15, -0.1) is 12.4 Å². The molecule has 0 spiro atoms. The molecule has 24 heavy (non-hydrogen) atoms. The van der Waals surface area contributed by atoms with Gasteiger partial charge in [-0.25, -0.2) is 0 Å². The third-order valence-electron chi connectivity index (χ3n) is 4.71. The molecule has 0 fully saturated rings. The number of fused-ring (bicyclic) bond motifs is 7. The fourth-order valence-corrected chi connectivity index (χ4v) is 3.93. The third-order valence-corrected chi connectivity index (χ3v) is 5.03. The molecule has 0 heterocycles. The first-order chi connectivity index (χ1) is 11.3. The van der Waals surface area contributed by atoms with Crippen LogP contribution in [0.5, 0.6) is 0 Å². The molecule has 5 aromatic rings. The van der Waals surface area contributed by atoms with Crippen molar-refractivity contribution < 1.29 is 0 Å². The fourth-order valence-electron chi connectivity index (χ4n) is 3.65. The molecule has 0 saturated carbocycles. The van der Waals surface area contributed by atoms with E-state index in [2.05, 4.69) is 66.7 Å². The van der Waals surface area contributed by atoms with Crippen LogP contribution in [-0.4, -0.2) is 0 Å². The van der Waals surface area contributed by atoms with Crippen LogP contribution in [0.25, 0.3) is 43.1 Å². The molecule has 0 radical (unpaired) electrons. The van der Waals surface area contributed by atoms with Gasteiger partial charge in [0.1, 0.15) is 0 Å². The second-order valence-corrected chi connectivity index (χ2v) is 6.35. The van der Waals surface area contributed by atoms with Gasteiger partial charge in [0.25, 0.3) is 0 Å². The van der Waals surface area contributed by atoms with Crippen LogP contribution < -0.4 is 0 Å². The van der Waals surface area contributed by atoms with E-state index in [0.717, 1.165) is 10.4 Å². The Morgan fingerprint density at radius 3 is 1.92 bits per heavy atom. The van der Waals surface area contributed by atoms with Crippen molar-refractivity contribution >= 4 is 67.1 Å². The molecule has 0 aliphatic rings. The lowest BCUT2D eigenvalue weighted by atomic mass is 9.94. The third kappa shape index (κ3) is 2.07. The Bertz CT molecular complexity index is 1220. The minimum absolute atomic E-state index is 0. The van der Waals surface area contributed by atoms with Gasteiger partial charge in [-0.05, 0) is 43.8 Å². The van der Waals surface area contributed by atoms with Crippen molar-refractivity contribution in [1.82, 2.24) is 0 Å². The molecule has 116 valence electrons. The quantitative estimate of drug-likeness (QED) is 0.256. The summed E-state index contributed by atoms with van der Waals surface area (Å²) in [6.07, 6.45) is 0. The first kappa shape index (κ1) is 15.3. The summed E-state index contributed by atoms with van der Waals surface area (Å²) in [6, 6.07) is 27.9. The van der Waals surface area contributed by atoms with Crippen LogP contribution in [0.3, 0.4) is 0 Å². The summed E-state index contributed by atoms with van der Waals surface area (Å²) >= 11 is 6.48. The molecule has 5 aromatic carbocycles. The van der Waals surface area contributed by atoms with E-state index in [1.807, 2.05) is 12.1 Å². The van der Waals surface area contributed by atoms with Gasteiger partial charge in [-0.2, -0.15) is 0 Å². The van der Waals surface area contributed by atoms with E-state index in [1.165, 1.54) is 37.7 Å². The topological polar surface area (TPSA) is 0 Å². The predicted molar refractivity (Wildman–Crippen MR) is 109 cm³/mol. The highest BCUT2D eigenvalue weighted by Gasteiger charge is 2.08. The number of rotatable bonds is 0. The zero-order chi connectivity index (χ0) is 15.4. The minimum Gasteiger partial charge on any atom is -0.147 e. The molecular weight excluding hydrogens is 335 g/mol. The van der Waals surface area contributed by atoms with E-state index in [-0.39, 0.29) is 12.4 Å². The maximum atomic E-state index is 6.48. The fraction of sp³-hybridized carbons (Fsp3) is 0. The van der Waals surface area contributed by atoms with Crippen LogP contribution in [0.1, 0.15) is 0 Å². The Labute approximate surface area is 151 Å². The minimum atomic E-state index is 0. The Hall–Kier alpha value is -2.28. The molecule has 5 rings (SSSR count). The van der Waals surface area contributed by atoms with Gasteiger partial charge in [-0.3, -0.25) is 0 Å². The first-order valence-electron chi connectivity index (χ1n) is 7.74. The zero-order valence-corrected chi connectivity index (χ0v) is 14.4. The molecule has 0 bridgehead atoms. The van der Waals surface area contributed by atoms with E-state index in [0.29, 0.717) is 0 Å². The molecule has 0 aliphatic heterocycles. The lowest BCUT2D eigenvalue weighted by molar-refractivity contribution is 1.77. The van der Waals surface area contributed by atoms with Crippen molar-refractivity contribution in [2.75, 3.05) is 0 Å². The largest absolute Gasteiger partial charge is 0.147 e. The Morgan fingerprint density at radius 1 is 0.458 bits per heavy atom. The summed E-state index contributed by atoms with van der Waals surface area (Å²) in [5, 5.41) is 10.8. The van der Waals surface area contributed by atoms with Crippen LogP contribution in [0, 0.1) is 0 Å². The molecule has 0 atom stereocenters. The average molecular weight is 349 g/mol. The lowest BCUT2D eigenvalue weighted by Crippen LogP contribution is -1.83. The molecular formula is C22H14Cl2. The van der Waals surface area contributed by atoms with Gasteiger partial charge in [0.05, 0.1) is 0 Å². The molecule has 0 saturated heterocycles. The van der Waals surface area contributed by atoms with E-state index in [9.17, 15) is 0 Å². The molecule has 0 unspecified atom stereocenters. The maximum Gasteiger partial charge on any atom is 0.0490 e. The Balaban J connectivity index is 0.00000146. The van der Waals surface area contributed by atoms with Crippen molar-refractivity contribution in [3.05, 3.63) is 83.9 Å². The highest BCUT2D eigenvalue weighted by molar-refractivity contribution is 6.38. The summed E-state index contributed by atoms with van der Waals surface area (Å²) in [4.78, 5) is 0. The number of hydrogen-bond donors (Lipinski definition) is 0. The zero-order valence-electron chi connectivity index (χ0n) is 12.8. The van der Waals surface area contributed by atoms with Crippen molar-refractivity contribution in [3.63, 3.8) is 0 Å². The Morgan fingerprint density at radius 2 is 1.04 bits per heavy atom. The predicted octanol–water partition coefficient (Wildman–Crippen LogP) is 7.37. The standard InChI is InChI=1S/C22H13Cl.ClH/c23-21-7-3-5-15-9-11-19-18-10-8-14-4-1-2-6-16(14)17(18)12-13-20(19)22(15)21;/h1-13H;1H. The molecule has 0 amide bonds. The summed E-state index contributed by atoms with van der Waals surface area (Å²) in [5.74, 6) is 0. The van der Waals surface area contributed by atoms with Crippen molar-refractivity contribution in [1.29, 1.82) is 0 Å². The van der Waals surface area contributed by atoms with E-state index in [4.69, 9.17) is 11.6 Å². The van der Waals surface area contributed by atoms with Crippen LogP contribution in [0.15, 0.2) is 78.9 Å². The second kappa shape index (κ2) is 5.66. The maximum absolute atomic E-state index is 6.48. The van der Waals surface area contributed by atoms with Gasteiger partial charge in [0.2, 0.25) is 0 Å². The van der Waals surface area contributed by atoms with Crippen LogP contribution >= 0.6 is 24.0 Å². The monoisotopic (exact) mass is 348 g/mol. The normalized spacial score (nSPS) is 11.2.